The molecule has 16 heavy (non-hydrogen) atoms. The summed E-state index contributed by atoms with van der Waals surface area (Å²) in [6, 6.07) is 0. The summed E-state index contributed by atoms with van der Waals surface area (Å²) in [7, 11) is 0. The maximum absolute atomic E-state index is 11.8. The van der Waals surface area contributed by atoms with Gasteiger partial charge in [-0.3, -0.25) is 14.5 Å². The smallest absolute Gasteiger partial charge is 0.242 e. The summed E-state index contributed by atoms with van der Waals surface area (Å²) in [5.74, 6) is 0.00791. The van der Waals surface area contributed by atoms with Gasteiger partial charge in [-0.1, -0.05) is 26.7 Å². The van der Waals surface area contributed by atoms with Crippen LogP contribution < -0.4 is 0 Å². The Morgan fingerprint density at radius 2 is 2.12 bits per heavy atom. The predicted octanol–water partition coefficient (Wildman–Crippen LogP) is 2.45. The third-order valence-corrected chi connectivity index (χ3v) is 4.28. The van der Waals surface area contributed by atoms with E-state index in [1.165, 1.54) is 17.7 Å². The number of hydrogen-bond acceptors (Lipinski definition) is 3. The first-order valence-corrected chi connectivity index (χ1v) is 7.04. The highest BCUT2D eigenvalue weighted by Gasteiger charge is 2.38. The quantitative estimate of drug-likeness (QED) is 0.672. The first kappa shape index (κ1) is 13.6. The molecule has 2 atom stereocenters. The zero-order chi connectivity index (χ0) is 12.1. The van der Waals surface area contributed by atoms with Crippen molar-refractivity contribution in [2.24, 2.45) is 0 Å². The van der Waals surface area contributed by atoms with Crippen molar-refractivity contribution in [1.29, 1.82) is 0 Å². The molecule has 3 nitrogen and oxygen atoms in total. The summed E-state index contributed by atoms with van der Waals surface area (Å²) in [4.78, 5) is 24.7. The van der Waals surface area contributed by atoms with Crippen molar-refractivity contribution in [3.63, 3.8) is 0 Å². The summed E-state index contributed by atoms with van der Waals surface area (Å²) >= 11 is 1.67. The molecule has 4 heteroatoms. The largest absolute Gasteiger partial charge is 0.282 e. The van der Waals surface area contributed by atoms with Crippen molar-refractivity contribution in [1.82, 2.24) is 4.90 Å². The van der Waals surface area contributed by atoms with Gasteiger partial charge in [-0.05, 0) is 13.3 Å². The highest BCUT2D eigenvalue weighted by Crippen LogP contribution is 2.30. The van der Waals surface area contributed by atoms with Crippen LogP contribution in [0.5, 0.6) is 0 Å². The van der Waals surface area contributed by atoms with Gasteiger partial charge in [0.1, 0.15) is 0 Å². The molecular formula is C12H21NO2S. The van der Waals surface area contributed by atoms with E-state index in [1.807, 2.05) is 6.92 Å². The molecule has 0 bridgehead atoms. The number of amides is 2. The zero-order valence-corrected chi connectivity index (χ0v) is 11.2. The van der Waals surface area contributed by atoms with Crippen LogP contribution in [0.15, 0.2) is 0 Å². The number of rotatable bonds is 6. The molecule has 0 spiro atoms. The van der Waals surface area contributed by atoms with Crippen LogP contribution in [0.1, 0.15) is 46.5 Å². The lowest BCUT2D eigenvalue weighted by Crippen LogP contribution is -2.31. The number of thioether (sulfide) groups is 1. The second kappa shape index (κ2) is 6.28. The molecule has 1 aliphatic heterocycles. The van der Waals surface area contributed by atoms with E-state index in [2.05, 4.69) is 13.8 Å². The Morgan fingerprint density at radius 1 is 1.44 bits per heavy atom. The van der Waals surface area contributed by atoms with Gasteiger partial charge in [0.25, 0.3) is 0 Å². The fourth-order valence-electron chi connectivity index (χ4n) is 1.93. The summed E-state index contributed by atoms with van der Waals surface area (Å²) in [6.45, 7) is 6.68. The second-order valence-electron chi connectivity index (χ2n) is 4.26. The fraction of sp³-hybridized carbons (Fsp3) is 0.833. The van der Waals surface area contributed by atoms with Crippen molar-refractivity contribution >= 4 is 23.6 Å². The third-order valence-electron chi connectivity index (χ3n) is 2.88. The molecule has 0 aliphatic carbocycles. The molecule has 0 N–H and O–H groups in total. The Bertz CT molecular complexity index is 268. The monoisotopic (exact) mass is 243 g/mol. The van der Waals surface area contributed by atoms with Gasteiger partial charge in [0.15, 0.2) is 0 Å². The maximum atomic E-state index is 11.8. The van der Waals surface area contributed by atoms with Crippen molar-refractivity contribution in [3.05, 3.63) is 0 Å². The molecule has 1 fully saturated rings. The number of nitrogens with zero attached hydrogens (tertiary/aromatic N) is 1. The van der Waals surface area contributed by atoms with E-state index in [4.69, 9.17) is 0 Å². The van der Waals surface area contributed by atoms with Crippen LogP contribution in [0.4, 0.5) is 0 Å². The number of carbonyl (C=O) groups excluding carboxylic acids is 2. The van der Waals surface area contributed by atoms with Crippen molar-refractivity contribution < 1.29 is 9.59 Å². The zero-order valence-electron chi connectivity index (χ0n) is 10.4. The summed E-state index contributed by atoms with van der Waals surface area (Å²) in [5, 5.41) is 0.345. The van der Waals surface area contributed by atoms with E-state index in [9.17, 15) is 9.59 Å². The van der Waals surface area contributed by atoms with Crippen LogP contribution in [0.3, 0.4) is 0 Å². The van der Waals surface area contributed by atoms with Gasteiger partial charge in [0.2, 0.25) is 11.8 Å². The normalized spacial score (nSPS) is 22.9. The minimum Gasteiger partial charge on any atom is -0.282 e. The second-order valence-corrected chi connectivity index (χ2v) is 5.90. The lowest BCUT2D eigenvalue weighted by molar-refractivity contribution is -0.137. The summed E-state index contributed by atoms with van der Waals surface area (Å²) < 4.78 is 0. The van der Waals surface area contributed by atoms with E-state index >= 15 is 0 Å². The molecule has 0 aromatic rings. The number of unbranched alkanes of at least 4 members (excludes halogenated alkanes) is 1. The minimum atomic E-state index is -0.126. The van der Waals surface area contributed by atoms with Crippen LogP contribution in [-0.4, -0.2) is 33.8 Å². The van der Waals surface area contributed by atoms with E-state index in [1.54, 1.807) is 11.8 Å². The van der Waals surface area contributed by atoms with Gasteiger partial charge in [0, 0.05) is 18.2 Å². The molecule has 0 saturated carbocycles. The van der Waals surface area contributed by atoms with Crippen LogP contribution in [-0.2, 0) is 9.59 Å². The van der Waals surface area contributed by atoms with Crippen molar-refractivity contribution in [2.45, 2.75) is 57.0 Å². The molecule has 0 aromatic carbocycles. The Kier molecular flexibility index (Phi) is 5.32. The van der Waals surface area contributed by atoms with Crippen molar-refractivity contribution in [3.8, 4) is 0 Å². The average molecular weight is 243 g/mol. The molecule has 0 aromatic heterocycles. The van der Waals surface area contributed by atoms with Gasteiger partial charge in [-0.2, -0.15) is 0 Å². The molecule has 92 valence electrons. The van der Waals surface area contributed by atoms with Crippen LogP contribution in [0.25, 0.3) is 0 Å². The maximum Gasteiger partial charge on any atom is 0.242 e. The average Bonchev–Trinajstić information content (AvgIpc) is 2.51. The molecule has 1 saturated heterocycles. The van der Waals surface area contributed by atoms with E-state index < -0.39 is 0 Å². The Labute approximate surface area is 102 Å². The molecule has 2 unspecified atom stereocenters. The van der Waals surface area contributed by atoms with Crippen LogP contribution >= 0.6 is 11.8 Å². The highest BCUT2D eigenvalue weighted by molar-refractivity contribution is 8.01. The van der Waals surface area contributed by atoms with Crippen LogP contribution in [0, 0.1) is 0 Å². The number of carbonyl (C=O) groups is 2. The van der Waals surface area contributed by atoms with E-state index in [0.717, 1.165) is 6.42 Å². The number of hydrogen-bond donors (Lipinski definition) is 0. The lowest BCUT2D eigenvalue weighted by atomic mass is 10.2. The molecule has 1 heterocycles. The summed E-state index contributed by atoms with van der Waals surface area (Å²) in [5.41, 5.74) is 0. The Hall–Kier alpha value is -0.510. The Morgan fingerprint density at radius 3 is 2.62 bits per heavy atom. The van der Waals surface area contributed by atoms with Gasteiger partial charge in [0.05, 0.1) is 5.25 Å². The summed E-state index contributed by atoms with van der Waals surface area (Å²) in [6.07, 6.45) is 3.91. The molecular weight excluding hydrogens is 222 g/mol. The number of imide groups is 1. The van der Waals surface area contributed by atoms with E-state index in [-0.39, 0.29) is 17.1 Å². The molecule has 1 aliphatic rings. The van der Waals surface area contributed by atoms with Gasteiger partial charge in [-0.25, -0.2) is 0 Å². The minimum absolute atomic E-state index is 0.00677. The van der Waals surface area contributed by atoms with Gasteiger partial charge < -0.3 is 0 Å². The molecule has 1 rings (SSSR count). The highest BCUT2D eigenvalue weighted by atomic mass is 32.2. The topological polar surface area (TPSA) is 37.4 Å². The van der Waals surface area contributed by atoms with Crippen molar-refractivity contribution in [2.75, 3.05) is 6.54 Å². The first-order valence-electron chi connectivity index (χ1n) is 6.09. The lowest BCUT2D eigenvalue weighted by Gasteiger charge is -2.15. The predicted molar refractivity (Wildman–Crippen MR) is 67.4 cm³/mol. The third kappa shape index (κ3) is 3.24. The number of likely N-dealkylation sites (tertiary alicyclic amines) is 1. The molecule has 2 amide bonds. The first-order chi connectivity index (χ1) is 7.60. The van der Waals surface area contributed by atoms with Crippen LogP contribution in [0.2, 0.25) is 0 Å². The van der Waals surface area contributed by atoms with E-state index in [0.29, 0.717) is 18.2 Å². The standard InChI is InChI=1S/C12H21NO2S/c1-4-6-7-9(3)16-10-8-11(14)13(5-2)12(10)15/h9-10H,4-8H2,1-3H3. The molecule has 0 radical (unpaired) electrons. The fourth-order valence-corrected chi connectivity index (χ4v) is 3.28. The van der Waals surface area contributed by atoms with Gasteiger partial charge >= 0.3 is 0 Å². The Balaban J connectivity index is 2.44. The van der Waals surface area contributed by atoms with Gasteiger partial charge in [-0.15, -0.1) is 11.8 Å². The SMILES string of the molecule is CCCCC(C)SC1CC(=O)N(CC)C1=O.